The quantitative estimate of drug-likeness (QED) is 0.909. The maximum absolute atomic E-state index is 12.1. The summed E-state index contributed by atoms with van der Waals surface area (Å²) < 4.78 is 24.3. The molecule has 0 amide bonds. The Morgan fingerprint density at radius 3 is 2.24 bits per heavy atom. The maximum atomic E-state index is 12.1. The van der Waals surface area contributed by atoms with Crippen LogP contribution < -0.4 is 4.83 Å². The predicted molar refractivity (Wildman–Crippen MR) is 71.1 cm³/mol. The fourth-order valence-corrected chi connectivity index (χ4v) is 6.32. The Bertz CT molecular complexity index is 486. The fourth-order valence-electron chi connectivity index (χ4n) is 1.90. The summed E-state index contributed by atoms with van der Waals surface area (Å²) in [6.45, 7) is 0. The SMILES string of the molecule is O=S(=O)(NN1[C@H]2CS[C@@H]1CS2)c1ccccc1. The Morgan fingerprint density at radius 2 is 1.71 bits per heavy atom. The van der Waals surface area contributed by atoms with Crippen molar-refractivity contribution in [3.8, 4) is 0 Å². The van der Waals surface area contributed by atoms with Crippen LogP contribution in [-0.2, 0) is 10.0 Å². The summed E-state index contributed by atoms with van der Waals surface area (Å²) >= 11 is 3.63. The van der Waals surface area contributed by atoms with E-state index in [0.29, 0.717) is 4.90 Å². The number of hydrogen-bond donors (Lipinski definition) is 1. The van der Waals surface area contributed by atoms with Crippen LogP contribution in [0.3, 0.4) is 0 Å². The van der Waals surface area contributed by atoms with Gasteiger partial charge in [-0.1, -0.05) is 18.2 Å². The van der Waals surface area contributed by atoms with E-state index in [-0.39, 0.29) is 10.7 Å². The monoisotopic (exact) mass is 288 g/mol. The summed E-state index contributed by atoms with van der Waals surface area (Å²) in [6, 6.07) is 8.50. The molecule has 0 spiro atoms. The van der Waals surface area contributed by atoms with Crippen LogP contribution in [0.1, 0.15) is 0 Å². The van der Waals surface area contributed by atoms with Crippen LogP contribution in [0.5, 0.6) is 0 Å². The van der Waals surface area contributed by atoms with Crippen molar-refractivity contribution in [1.82, 2.24) is 9.84 Å². The van der Waals surface area contributed by atoms with E-state index in [2.05, 4.69) is 4.83 Å². The number of thioether (sulfide) groups is 2. The van der Waals surface area contributed by atoms with Crippen molar-refractivity contribution >= 4 is 33.5 Å². The highest BCUT2D eigenvalue weighted by atomic mass is 32.2. The molecular weight excluding hydrogens is 276 g/mol. The average Bonchev–Trinajstić information content (AvgIpc) is 2.90. The lowest BCUT2D eigenvalue weighted by atomic mass is 10.4. The summed E-state index contributed by atoms with van der Waals surface area (Å²) in [7, 11) is -3.42. The lowest BCUT2D eigenvalue weighted by molar-refractivity contribution is 0.261. The third kappa shape index (κ3) is 2.22. The molecule has 2 bridgehead atoms. The molecule has 3 rings (SSSR count). The van der Waals surface area contributed by atoms with Gasteiger partial charge in [0.1, 0.15) is 0 Å². The second-order valence-electron chi connectivity index (χ2n) is 3.89. The van der Waals surface area contributed by atoms with Gasteiger partial charge in [0, 0.05) is 11.5 Å². The Labute approximate surface area is 109 Å². The van der Waals surface area contributed by atoms with Crippen LogP contribution in [0.2, 0.25) is 0 Å². The zero-order valence-electron chi connectivity index (χ0n) is 8.94. The first-order chi connectivity index (χ1) is 8.17. The number of fused-ring (bicyclic) bond motifs is 2. The summed E-state index contributed by atoms with van der Waals surface area (Å²) in [4.78, 5) is 3.02. The van der Waals surface area contributed by atoms with E-state index in [1.165, 1.54) is 0 Å². The van der Waals surface area contributed by atoms with E-state index in [4.69, 9.17) is 0 Å². The van der Waals surface area contributed by atoms with E-state index in [0.717, 1.165) is 11.5 Å². The van der Waals surface area contributed by atoms with Crippen molar-refractivity contribution in [1.29, 1.82) is 0 Å². The Hall–Kier alpha value is -0.210. The van der Waals surface area contributed by atoms with Crippen molar-refractivity contribution in [3.63, 3.8) is 0 Å². The van der Waals surface area contributed by atoms with Gasteiger partial charge in [-0.3, -0.25) is 0 Å². The van der Waals surface area contributed by atoms with Crippen molar-refractivity contribution < 1.29 is 8.42 Å². The van der Waals surface area contributed by atoms with E-state index in [9.17, 15) is 8.42 Å². The standard InChI is InChI=1S/C10H12N2O2S3/c13-17(14,8-4-2-1-3-5-8)11-12-9-6-15-10(12)7-16-9/h1-5,9-11H,6-7H2/t9-,10-/m1/s1. The van der Waals surface area contributed by atoms with Gasteiger partial charge in [-0.2, -0.15) is 0 Å². The van der Waals surface area contributed by atoms with E-state index in [1.54, 1.807) is 24.3 Å². The number of benzene rings is 1. The van der Waals surface area contributed by atoms with Crippen LogP contribution in [0, 0.1) is 0 Å². The van der Waals surface area contributed by atoms with Gasteiger partial charge in [0.25, 0.3) is 10.0 Å². The van der Waals surface area contributed by atoms with Gasteiger partial charge in [-0.05, 0) is 12.1 Å². The number of hydrogen-bond acceptors (Lipinski definition) is 5. The zero-order chi connectivity index (χ0) is 11.9. The molecule has 92 valence electrons. The Balaban J connectivity index is 1.81. The molecule has 1 aromatic carbocycles. The van der Waals surface area contributed by atoms with Crippen molar-refractivity contribution in [3.05, 3.63) is 30.3 Å². The fraction of sp³-hybridized carbons (Fsp3) is 0.400. The highest BCUT2D eigenvalue weighted by molar-refractivity contribution is 8.07. The average molecular weight is 288 g/mol. The Morgan fingerprint density at radius 1 is 1.12 bits per heavy atom. The molecule has 2 saturated heterocycles. The van der Waals surface area contributed by atoms with Crippen LogP contribution in [0.15, 0.2) is 35.2 Å². The summed E-state index contributed by atoms with van der Waals surface area (Å²) in [5, 5.41) is 2.43. The molecular formula is C10H12N2O2S3. The van der Waals surface area contributed by atoms with Gasteiger partial charge in [0.15, 0.2) is 0 Å². The van der Waals surface area contributed by atoms with E-state index >= 15 is 0 Å². The molecule has 2 atom stereocenters. The Kier molecular flexibility index (Phi) is 3.12. The van der Waals surface area contributed by atoms with Gasteiger partial charge in [0.2, 0.25) is 0 Å². The molecule has 0 radical (unpaired) electrons. The van der Waals surface area contributed by atoms with Crippen molar-refractivity contribution in [2.24, 2.45) is 0 Å². The highest BCUT2D eigenvalue weighted by Crippen LogP contribution is 2.42. The van der Waals surface area contributed by atoms with Crippen LogP contribution in [-0.4, -0.2) is 35.7 Å². The molecule has 17 heavy (non-hydrogen) atoms. The minimum atomic E-state index is -3.42. The first-order valence-electron chi connectivity index (χ1n) is 5.26. The second kappa shape index (κ2) is 4.47. The molecule has 2 aliphatic heterocycles. The largest absolute Gasteiger partial charge is 0.253 e. The molecule has 0 aliphatic carbocycles. The number of rotatable bonds is 3. The van der Waals surface area contributed by atoms with Crippen LogP contribution >= 0.6 is 23.5 Å². The number of nitrogens with zero attached hydrogens (tertiary/aromatic N) is 1. The summed E-state index contributed by atoms with van der Waals surface area (Å²) in [5.41, 5.74) is 0. The lowest BCUT2D eigenvalue weighted by Crippen LogP contribution is -2.45. The van der Waals surface area contributed by atoms with E-state index in [1.807, 2.05) is 34.6 Å². The van der Waals surface area contributed by atoms with Gasteiger partial charge in [-0.15, -0.1) is 28.4 Å². The maximum Gasteiger partial charge on any atom is 0.253 e. The molecule has 7 heteroatoms. The molecule has 2 fully saturated rings. The number of hydrazine groups is 1. The molecule has 1 N–H and O–H groups in total. The molecule has 4 nitrogen and oxygen atoms in total. The van der Waals surface area contributed by atoms with Crippen LogP contribution in [0.4, 0.5) is 0 Å². The van der Waals surface area contributed by atoms with Crippen molar-refractivity contribution in [2.75, 3.05) is 11.5 Å². The molecule has 2 heterocycles. The molecule has 0 unspecified atom stereocenters. The zero-order valence-corrected chi connectivity index (χ0v) is 11.4. The normalized spacial score (nSPS) is 28.7. The minimum Gasteiger partial charge on any atom is -0.206 e. The summed E-state index contributed by atoms with van der Waals surface area (Å²) in [6.07, 6.45) is 0. The van der Waals surface area contributed by atoms with Crippen LogP contribution in [0.25, 0.3) is 0 Å². The number of sulfonamides is 1. The van der Waals surface area contributed by atoms with Gasteiger partial charge < -0.3 is 0 Å². The smallest absolute Gasteiger partial charge is 0.206 e. The molecule has 2 aliphatic rings. The minimum absolute atomic E-state index is 0.281. The molecule has 0 saturated carbocycles. The third-order valence-corrected chi connectivity index (χ3v) is 7.10. The van der Waals surface area contributed by atoms with E-state index < -0.39 is 10.0 Å². The van der Waals surface area contributed by atoms with Gasteiger partial charge in [0.05, 0.1) is 15.6 Å². The first kappa shape index (κ1) is 11.9. The number of nitrogens with one attached hydrogen (secondary N) is 1. The lowest BCUT2D eigenvalue weighted by Gasteiger charge is -2.20. The molecule has 1 aromatic rings. The van der Waals surface area contributed by atoms with Gasteiger partial charge in [-0.25, -0.2) is 13.4 Å². The molecule has 0 aromatic heterocycles. The predicted octanol–water partition coefficient (Wildman–Crippen LogP) is 1.33. The topological polar surface area (TPSA) is 49.4 Å². The highest BCUT2D eigenvalue weighted by Gasteiger charge is 2.42. The van der Waals surface area contributed by atoms with Crippen molar-refractivity contribution in [2.45, 2.75) is 15.6 Å². The summed E-state index contributed by atoms with van der Waals surface area (Å²) in [5.74, 6) is 1.99. The van der Waals surface area contributed by atoms with Gasteiger partial charge >= 0.3 is 0 Å². The second-order valence-corrected chi connectivity index (χ2v) is 7.97. The first-order valence-corrected chi connectivity index (χ1v) is 8.84. The third-order valence-electron chi connectivity index (χ3n) is 2.76.